The maximum atomic E-state index is 10.9. The van der Waals surface area contributed by atoms with Crippen molar-refractivity contribution in [2.75, 3.05) is 0 Å². The average Bonchev–Trinajstić information content (AvgIpc) is 2.46. The van der Waals surface area contributed by atoms with Crippen LogP contribution < -0.4 is 0 Å². The van der Waals surface area contributed by atoms with Crippen LogP contribution in [0.3, 0.4) is 0 Å². The summed E-state index contributed by atoms with van der Waals surface area (Å²) in [4.78, 5) is 21.3. The number of rotatable bonds is 4. The van der Waals surface area contributed by atoms with Crippen molar-refractivity contribution in [1.82, 2.24) is 0 Å². The smallest absolute Gasteiger partial charge is 0.335 e. The van der Waals surface area contributed by atoms with Gasteiger partial charge in [0.25, 0.3) is 0 Å². The van der Waals surface area contributed by atoms with E-state index in [1.807, 2.05) is 18.2 Å². The molecule has 0 fully saturated rings. The SMILES string of the molecule is O=C(O)/C=C/c1ccc(-c2cccc(C(=O)O)c2)cc1. The highest BCUT2D eigenvalue weighted by molar-refractivity contribution is 5.89. The predicted molar refractivity (Wildman–Crippen MR) is 75.5 cm³/mol. The Kier molecular flexibility index (Phi) is 3.96. The molecule has 2 N–H and O–H groups in total. The van der Waals surface area contributed by atoms with Crippen molar-refractivity contribution in [3.8, 4) is 11.1 Å². The van der Waals surface area contributed by atoms with Crippen LogP contribution in [0, 0.1) is 0 Å². The molecule has 0 saturated carbocycles. The number of benzene rings is 2. The van der Waals surface area contributed by atoms with E-state index in [0.29, 0.717) is 0 Å². The number of hydrogen-bond acceptors (Lipinski definition) is 2. The summed E-state index contributed by atoms with van der Waals surface area (Å²) in [7, 11) is 0. The standard InChI is InChI=1S/C16H12O4/c17-15(18)9-6-11-4-7-12(8-5-11)13-2-1-3-14(10-13)16(19)20/h1-10H,(H,17,18)(H,19,20)/b9-6+. The van der Waals surface area contributed by atoms with Gasteiger partial charge in [0.15, 0.2) is 0 Å². The molecule has 2 aromatic rings. The van der Waals surface area contributed by atoms with Gasteiger partial charge < -0.3 is 10.2 Å². The summed E-state index contributed by atoms with van der Waals surface area (Å²) >= 11 is 0. The molecule has 0 aliphatic carbocycles. The van der Waals surface area contributed by atoms with Crippen molar-refractivity contribution in [3.05, 3.63) is 65.7 Å². The molecule has 20 heavy (non-hydrogen) atoms. The lowest BCUT2D eigenvalue weighted by Gasteiger charge is -2.03. The molecule has 2 aromatic carbocycles. The molecule has 0 aliphatic heterocycles. The predicted octanol–water partition coefficient (Wildman–Crippen LogP) is 3.15. The first-order chi connectivity index (χ1) is 9.56. The molecule has 0 unspecified atom stereocenters. The number of carboxylic acids is 2. The van der Waals surface area contributed by atoms with Gasteiger partial charge in [-0.25, -0.2) is 9.59 Å². The lowest BCUT2D eigenvalue weighted by atomic mass is 10.0. The van der Waals surface area contributed by atoms with E-state index in [1.54, 1.807) is 24.3 Å². The minimum atomic E-state index is -0.997. The molecular formula is C16H12O4. The third kappa shape index (κ3) is 3.32. The first kappa shape index (κ1) is 13.5. The van der Waals surface area contributed by atoms with Crippen LogP contribution in [-0.4, -0.2) is 22.2 Å². The zero-order valence-corrected chi connectivity index (χ0v) is 10.5. The highest BCUT2D eigenvalue weighted by Gasteiger charge is 2.04. The van der Waals surface area contributed by atoms with E-state index in [4.69, 9.17) is 10.2 Å². The molecule has 100 valence electrons. The zero-order chi connectivity index (χ0) is 14.5. The molecule has 0 bridgehead atoms. The Balaban J connectivity index is 2.28. The number of aromatic carboxylic acids is 1. The number of carboxylic acid groups (broad SMARTS) is 2. The van der Waals surface area contributed by atoms with Gasteiger partial charge in [0, 0.05) is 6.08 Å². The van der Waals surface area contributed by atoms with Gasteiger partial charge in [-0.3, -0.25) is 0 Å². The molecule has 0 aliphatic rings. The highest BCUT2D eigenvalue weighted by Crippen LogP contribution is 2.21. The van der Waals surface area contributed by atoms with Crippen molar-refractivity contribution in [1.29, 1.82) is 0 Å². The van der Waals surface area contributed by atoms with Crippen LogP contribution in [0.25, 0.3) is 17.2 Å². The fraction of sp³-hybridized carbons (Fsp3) is 0. The first-order valence-corrected chi connectivity index (χ1v) is 5.91. The summed E-state index contributed by atoms with van der Waals surface area (Å²) in [5, 5.41) is 17.5. The van der Waals surface area contributed by atoms with Crippen LogP contribution in [0.4, 0.5) is 0 Å². The minimum absolute atomic E-state index is 0.234. The molecule has 0 atom stereocenters. The Morgan fingerprint density at radius 1 is 0.900 bits per heavy atom. The monoisotopic (exact) mass is 268 g/mol. The summed E-state index contributed by atoms with van der Waals surface area (Å²) < 4.78 is 0. The van der Waals surface area contributed by atoms with E-state index in [0.717, 1.165) is 22.8 Å². The minimum Gasteiger partial charge on any atom is -0.478 e. The molecule has 0 saturated heterocycles. The molecule has 0 spiro atoms. The molecule has 0 amide bonds. The first-order valence-electron chi connectivity index (χ1n) is 5.91. The number of hydrogen-bond donors (Lipinski definition) is 2. The summed E-state index contributed by atoms with van der Waals surface area (Å²) in [6, 6.07) is 13.9. The Hall–Kier alpha value is -2.88. The van der Waals surface area contributed by atoms with E-state index in [1.165, 1.54) is 12.1 Å². The molecule has 0 heterocycles. The van der Waals surface area contributed by atoms with Gasteiger partial charge in [0.1, 0.15) is 0 Å². The van der Waals surface area contributed by atoms with E-state index < -0.39 is 11.9 Å². The zero-order valence-electron chi connectivity index (χ0n) is 10.5. The maximum absolute atomic E-state index is 10.9. The summed E-state index contributed by atoms with van der Waals surface area (Å²) in [6.45, 7) is 0. The summed E-state index contributed by atoms with van der Waals surface area (Å²) in [5.74, 6) is -1.96. The lowest BCUT2D eigenvalue weighted by molar-refractivity contribution is -0.131. The third-order valence-electron chi connectivity index (χ3n) is 2.77. The lowest BCUT2D eigenvalue weighted by Crippen LogP contribution is -1.95. The van der Waals surface area contributed by atoms with Crippen LogP contribution in [0.1, 0.15) is 15.9 Å². The Labute approximate surface area is 115 Å². The molecule has 4 nitrogen and oxygen atoms in total. The topological polar surface area (TPSA) is 74.6 Å². The Morgan fingerprint density at radius 2 is 1.60 bits per heavy atom. The quantitative estimate of drug-likeness (QED) is 0.835. The van der Waals surface area contributed by atoms with Gasteiger partial charge in [0.05, 0.1) is 5.56 Å². The van der Waals surface area contributed by atoms with Gasteiger partial charge in [-0.1, -0.05) is 36.4 Å². The van der Waals surface area contributed by atoms with Crippen molar-refractivity contribution in [2.45, 2.75) is 0 Å². The molecule has 4 heteroatoms. The number of carbonyl (C=O) groups is 2. The van der Waals surface area contributed by atoms with Crippen molar-refractivity contribution in [2.24, 2.45) is 0 Å². The summed E-state index contributed by atoms with van der Waals surface area (Å²) in [5.41, 5.74) is 2.68. The van der Waals surface area contributed by atoms with Crippen LogP contribution in [0.15, 0.2) is 54.6 Å². The van der Waals surface area contributed by atoms with Gasteiger partial charge in [-0.2, -0.15) is 0 Å². The van der Waals surface area contributed by atoms with Gasteiger partial charge in [-0.05, 0) is 34.9 Å². The van der Waals surface area contributed by atoms with Crippen LogP contribution in [0.2, 0.25) is 0 Å². The van der Waals surface area contributed by atoms with Crippen LogP contribution >= 0.6 is 0 Å². The molecule has 0 aromatic heterocycles. The van der Waals surface area contributed by atoms with E-state index in [9.17, 15) is 9.59 Å². The summed E-state index contributed by atoms with van der Waals surface area (Å²) in [6.07, 6.45) is 2.57. The Morgan fingerprint density at radius 3 is 2.20 bits per heavy atom. The average molecular weight is 268 g/mol. The molecule has 0 radical (unpaired) electrons. The van der Waals surface area contributed by atoms with Crippen LogP contribution in [0.5, 0.6) is 0 Å². The molecule has 2 rings (SSSR count). The second-order valence-electron chi connectivity index (χ2n) is 4.18. The number of aliphatic carboxylic acids is 1. The van der Waals surface area contributed by atoms with E-state index in [-0.39, 0.29) is 5.56 Å². The van der Waals surface area contributed by atoms with Gasteiger partial charge >= 0.3 is 11.9 Å². The van der Waals surface area contributed by atoms with Gasteiger partial charge in [-0.15, -0.1) is 0 Å². The second kappa shape index (κ2) is 5.84. The Bertz CT molecular complexity index is 669. The fourth-order valence-corrected chi connectivity index (χ4v) is 1.79. The largest absolute Gasteiger partial charge is 0.478 e. The fourth-order valence-electron chi connectivity index (χ4n) is 1.79. The van der Waals surface area contributed by atoms with Crippen molar-refractivity contribution >= 4 is 18.0 Å². The maximum Gasteiger partial charge on any atom is 0.335 e. The van der Waals surface area contributed by atoms with Crippen molar-refractivity contribution in [3.63, 3.8) is 0 Å². The van der Waals surface area contributed by atoms with E-state index in [2.05, 4.69) is 0 Å². The highest BCUT2D eigenvalue weighted by atomic mass is 16.4. The normalized spacial score (nSPS) is 10.6. The second-order valence-corrected chi connectivity index (χ2v) is 4.18. The molecular weight excluding hydrogens is 256 g/mol. The third-order valence-corrected chi connectivity index (χ3v) is 2.77. The van der Waals surface area contributed by atoms with Crippen LogP contribution in [-0.2, 0) is 4.79 Å². The van der Waals surface area contributed by atoms with E-state index >= 15 is 0 Å². The van der Waals surface area contributed by atoms with Crippen molar-refractivity contribution < 1.29 is 19.8 Å². The van der Waals surface area contributed by atoms with Gasteiger partial charge in [0.2, 0.25) is 0 Å².